The van der Waals surface area contributed by atoms with E-state index in [1.807, 2.05) is 0 Å². The number of phenolic OH excluding ortho intramolecular Hbond substituents is 1. The summed E-state index contributed by atoms with van der Waals surface area (Å²) in [7, 11) is 0. The maximum absolute atomic E-state index is 15.3. The lowest BCUT2D eigenvalue weighted by Crippen LogP contribution is -2.53. The van der Waals surface area contributed by atoms with Crippen LogP contribution in [0.5, 0.6) is 5.75 Å². The summed E-state index contributed by atoms with van der Waals surface area (Å²) in [6.07, 6.45) is -2.49. The number of benzene rings is 3. The van der Waals surface area contributed by atoms with Crippen LogP contribution in [0, 0.1) is 29.5 Å². The summed E-state index contributed by atoms with van der Waals surface area (Å²) in [6, 6.07) is 18.8. The molecule has 3 fully saturated rings. The van der Waals surface area contributed by atoms with Crippen LogP contribution in [0.15, 0.2) is 96.7 Å². The number of fused-ring (bicyclic) bond motifs is 4. The van der Waals surface area contributed by atoms with Gasteiger partial charge in [-0.3, -0.25) is 29.5 Å². The van der Waals surface area contributed by atoms with Crippen molar-refractivity contribution in [1.29, 1.82) is 0 Å². The van der Waals surface area contributed by atoms with Crippen LogP contribution in [0.4, 0.5) is 29.1 Å². The SMILES string of the molecule is O=C1C2CC3C(=CCC4C(=O)N(c5ccccc5)C(=O)C43)C(c3ccc(O)c(F)c3)C2(c2ccc(Cl)cc2)C(=O)N1Nc1ncc(C(F)(F)F)cc1Cl. The summed E-state index contributed by atoms with van der Waals surface area (Å²) < 4.78 is 55.5. The lowest BCUT2D eigenvalue weighted by atomic mass is 9.49. The monoisotopic (exact) mass is 764 g/mol. The minimum Gasteiger partial charge on any atom is -0.505 e. The first-order valence-corrected chi connectivity index (χ1v) is 17.2. The minimum absolute atomic E-state index is 0.106. The fourth-order valence-corrected chi connectivity index (χ4v) is 9.03. The third-order valence-electron chi connectivity index (χ3n) is 10.9. The first-order valence-electron chi connectivity index (χ1n) is 16.5. The summed E-state index contributed by atoms with van der Waals surface area (Å²) in [5.41, 5.74) is 0.946. The number of amides is 4. The number of nitrogens with zero attached hydrogens (tertiary/aromatic N) is 3. The second-order valence-corrected chi connectivity index (χ2v) is 14.3. The summed E-state index contributed by atoms with van der Waals surface area (Å²) in [5, 5.41) is 10.6. The Morgan fingerprint density at radius 1 is 0.887 bits per heavy atom. The van der Waals surface area contributed by atoms with E-state index < -0.39 is 92.8 Å². The number of phenols is 1. The van der Waals surface area contributed by atoms with E-state index in [1.54, 1.807) is 48.5 Å². The van der Waals surface area contributed by atoms with E-state index >= 15 is 9.18 Å². The molecule has 0 radical (unpaired) electrons. The Balaban J connectivity index is 1.31. The van der Waals surface area contributed by atoms with Crippen molar-refractivity contribution < 1.29 is 41.8 Å². The van der Waals surface area contributed by atoms with Crippen molar-refractivity contribution in [1.82, 2.24) is 9.99 Å². The third-order valence-corrected chi connectivity index (χ3v) is 11.4. The van der Waals surface area contributed by atoms with Gasteiger partial charge >= 0.3 is 6.18 Å². The number of halogens is 6. The number of carbonyl (C=O) groups is 4. The number of carbonyl (C=O) groups excluding carboxylic acids is 4. The van der Waals surface area contributed by atoms with Gasteiger partial charge in [0.15, 0.2) is 17.4 Å². The van der Waals surface area contributed by atoms with E-state index in [-0.39, 0.29) is 18.4 Å². The van der Waals surface area contributed by atoms with E-state index in [9.17, 15) is 32.7 Å². The van der Waals surface area contributed by atoms with Crippen LogP contribution in [0.25, 0.3) is 0 Å². The Morgan fingerprint density at radius 2 is 1.60 bits per heavy atom. The molecule has 4 amide bonds. The van der Waals surface area contributed by atoms with Crippen LogP contribution in [0.3, 0.4) is 0 Å². The van der Waals surface area contributed by atoms with Crippen LogP contribution in [0.1, 0.15) is 35.4 Å². The van der Waals surface area contributed by atoms with E-state index in [1.165, 1.54) is 18.2 Å². The molecule has 53 heavy (non-hydrogen) atoms. The zero-order valence-electron chi connectivity index (χ0n) is 27.2. The molecule has 2 N–H and O–H groups in total. The van der Waals surface area contributed by atoms with Crippen molar-refractivity contribution in [3.63, 3.8) is 0 Å². The first kappa shape index (κ1) is 34.8. The van der Waals surface area contributed by atoms with E-state index in [0.717, 1.165) is 17.0 Å². The fraction of sp³-hybridized carbons (Fsp3) is 0.237. The third kappa shape index (κ3) is 5.23. The van der Waals surface area contributed by atoms with Crippen LogP contribution in [0.2, 0.25) is 10.0 Å². The van der Waals surface area contributed by atoms with Crippen LogP contribution >= 0.6 is 23.2 Å². The number of pyridine rings is 1. The molecule has 6 atom stereocenters. The van der Waals surface area contributed by atoms with Gasteiger partial charge in [-0.2, -0.15) is 18.2 Å². The number of aromatic nitrogens is 1. The Kier molecular flexibility index (Phi) is 8.15. The van der Waals surface area contributed by atoms with Gasteiger partial charge in [0.25, 0.3) is 11.8 Å². The van der Waals surface area contributed by atoms with Crippen LogP contribution in [-0.2, 0) is 30.8 Å². The highest BCUT2D eigenvalue weighted by Crippen LogP contribution is 2.64. The highest BCUT2D eigenvalue weighted by Gasteiger charge is 2.70. The average molecular weight is 766 g/mol. The molecule has 3 aromatic carbocycles. The second-order valence-electron chi connectivity index (χ2n) is 13.5. The number of nitrogens with one attached hydrogen (secondary N) is 1. The molecule has 2 aliphatic heterocycles. The largest absolute Gasteiger partial charge is 0.505 e. The van der Waals surface area contributed by atoms with E-state index in [4.69, 9.17) is 23.2 Å². The Labute approximate surface area is 308 Å². The van der Waals surface area contributed by atoms with Crippen molar-refractivity contribution in [2.45, 2.75) is 30.4 Å². The van der Waals surface area contributed by atoms with Crippen LogP contribution in [-0.4, -0.2) is 38.7 Å². The molecule has 2 aliphatic carbocycles. The van der Waals surface area contributed by atoms with Crippen molar-refractivity contribution in [3.8, 4) is 5.75 Å². The molecular formula is C38H26Cl2F4N4O5. The van der Waals surface area contributed by atoms with E-state index in [2.05, 4.69) is 10.4 Å². The predicted octanol–water partition coefficient (Wildman–Crippen LogP) is 7.44. The van der Waals surface area contributed by atoms with Crippen LogP contribution < -0.4 is 10.3 Å². The number of imide groups is 2. The van der Waals surface area contributed by atoms with Gasteiger partial charge < -0.3 is 5.11 Å². The molecule has 6 unspecified atom stereocenters. The number of alkyl halides is 3. The highest BCUT2D eigenvalue weighted by molar-refractivity contribution is 6.33. The van der Waals surface area contributed by atoms with Gasteiger partial charge in [-0.1, -0.05) is 71.2 Å². The molecule has 4 aliphatic rings. The number of aromatic hydroxyl groups is 1. The Morgan fingerprint density at radius 3 is 2.26 bits per heavy atom. The molecule has 3 heterocycles. The number of anilines is 2. The molecule has 8 rings (SSSR count). The first-order chi connectivity index (χ1) is 25.2. The summed E-state index contributed by atoms with van der Waals surface area (Å²) in [4.78, 5) is 62.9. The molecule has 15 heteroatoms. The van der Waals surface area contributed by atoms with E-state index in [0.29, 0.717) is 39.1 Å². The molecule has 4 aromatic rings. The average Bonchev–Trinajstić information content (AvgIpc) is 3.51. The standard InChI is InChI=1S/C38H26Cl2F4N4O5/c39-21-9-7-19(8-10-21)37-26(34(51)48(36(37)53)46-32-27(40)15-20(17-45-32)38(42,43)44)16-25-23(31(37)18-6-13-29(49)28(41)14-18)11-12-24-30(25)35(52)47(33(24)50)22-4-2-1-3-5-22/h1-11,13-15,17,24-26,30-31,49H,12,16H2,(H,45,46). The Bertz CT molecular complexity index is 2250. The van der Waals surface area contributed by atoms with Crippen molar-refractivity contribution in [2.75, 3.05) is 10.3 Å². The Hall–Kier alpha value is -5.27. The molecule has 270 valence electrons. The maximum atomic E-state index is 15.3. The predicted molar refractivity (Wildman–Crippen MR) is 184 cm³/mol. The molecule has 0 spiro atoms. The molecular weight excluding hydrogens is 739 g/mol. The van der Waals surface area contributed by atoms with Gasteiger partial charge in [-0.15, -0.1) is 0 Å². The molecule has 0 bridgehead atoms. The molecule has 9 nitrogen and oxygen atoms in total. The number of hydrazine groups is 1. The summed E-state index contributed by atoms with van der Waals surface area (Å²) in [5.74, 6) is -9.56. The number of para-hydroxylation sites is 1. The molecule has 2 saturated heterocycles. The van der Waals surface area contributed by atoms with Crippen molar-refractivity contribution in [3.05, 3.63) is 129 Å². The highest BCUT2D eigenvalue weighted by atomic mass is 35.5. The smallest absolute Gasteiger partial charge is 0.417 e. The topological polar surface area (TPSA) is 120 Å². The molecule has 1 aromatic heterocycles. The van der Waals surface area contributed by atoms with Gasteiger partial charge in [0, 0.05) is 17.1 Å². The molecule has 1 saturated carbocycles. The number of hydrogen-bond acceptors (Lipinski definition) is 7. The number of hydrogen-bond donors (Lipinski definition) is 2. The summed E-state index contributed by atoms with van der Waals surface area (Å²) >= 11 is 12.5. The fourth-order valence-electron chi connectivity index (χ4n) is 8.69. The van der Waals surface area contributed by atoms with Gasteiger partial charge in [0.1, 0.15) is 0 Å². The van der Waals surface area contributed by atoms with Gasteiger partial charge in [-0.25, -0.2) is 9.37 Å². The van der Waals surface area contributed by atoms with Gasteiger partial charge in [0.2, 0.25) is 11.8 Å². The normalized spacial score (nSPS) is 26.7. The quantitative estimate of drug-likeness (QED) is 0.123. The van der Waals surface area contributed by atoms with Crippen molar-refractivity contribution >= 4 is 58.3 Å². The zero-order valence-corrected chi connectivity index (χ0v) is 28.7. The minimum atomic E-state index is -4.77. The number of rotatable bonds is 5. The summed E-state index contributed by atoms with van der Waals surface area (Å²) in [6.45, 7) is 0. The lowest BCUT2D eigenvalue weighted by molar-refractivity contribution is -0.139. The van der Waals surface area contributed by atoms with Gasteiger partial charge in [-0.05, 0) is 72.4 Å². The number of allylic oxidation sites excluding steroid dienone is 2. The zero-order chi connectivity index (χ0) is 37.6. The lowest BCUT2D eigenvalue weighted by Gasteiger charge is -2.50. The maximum Gasteiger partial charge on any atom is 0.417 e. The second kappa shape index (κ2) is 12.4. The van der Waals surface area contributed by atoms with Gasteiger partial charge in [0.05, 0.1) is 39.4 Å². The van der Waals surface area contributed by atoms with Crippen molar-refractivity contribution in [2.24, 2.45) is 23.7 Å².